The van der Waals surface area contributed by atoms with Crippen LogP contribution in [0.5, 0.6) is 5.75 Å². The molecule has 0 amide bonds. The van der Waals surface area contributed by atoms with Crippen LogP contribution in [0.4, 0.5) is 13.2 Å². The van der Waals surface area contributed by atoms with Crippen LogP contribution in [0, 0.1) is 23.4 Å². The summed E-state index contributed by atoms with van der Waals surface area (Å²) in [4.78, 5) is 0. The Hall–Kier alpha value is -3.01. The van der Waals surface area contributed by atoms with Crippen molar-refractivity contribution >= 4 is 0 Å². The summed E-state index contributed by atoms with van der Waals surface area (Å²) >= 11 is 0. The highest BCUT2D eigenvalue weighted by Gasteiger charge is 2.23. The largest absolute Gasteiger partial charge is 0.490 e. The van der Waals surface area contributed by atoms with E-state index in [9.17, 15) is 8.78 Å². The smallest absolute Gasteiger partial charge is 0.201 e. The van der Waals surface area contributed by atoms with Gasteiger partial charge in [-0.05, 0) is 91.3 Å². The molecule has 0 unspecified atom stereocenters. The van der Waals surface area contributed by atoms with Crippen LogP contribution in [0.2, 0.25) is 0 Å². The van der Waals surface area contributed by atoms with Crippen molar-refractivity contribution in [3.05, 3.63) is 89.8 Å². The van der Waals surface area contributed by atoms with Crippen molar-refractivity contribution in [1.82, 2.24) is 0 Å². The van der Waals surface area contributed by atoms with Gasteiger partial charge in [-0.25, -0.2) is 8.78 Å². The van der Waals surface area contributed by atoms with Crippen molar-refractivity contribution in [2.75, 3.05) is 6.61 Å². The maximum absolute atomic E-state index is 15.1. The van der Waals surface area contributed by atoms with Gasteiger partial charge in [0.15, 0.2) is 11.6 Å². The standard InChI is InChI=1S/C35H41F3O/c1-3-5-6-7-8-9-23-39-33-22-21-31(34(37)35(33)38)28-17-15-26(16-18-28)29-19-20-30(32(36)24-29)27-13-11-25(10-4-2)12-14-27/h4,10,15-22,24-25,27H,3,5-9,11-14,23H2,1-2H3/b10-4+. The lowest BCUT2D eigenvalue weighted by Crippen LogP contribution is -2.12. The van der Waals surface area contributed by atoms with Gasteiger partial charge in [-0.3, -0.25) is 0 Å². The van der Waals surface area contributed by atoms with E-state index in [1.54, 1.807) is 24.3 Å². The van der Waals surface area contributed by atoms with E-state index in [1.807, 2.05) is 24.3 Å². The number of halogens is 3. The Labute approximate surface area is 232 Å². The molecule has 1 fully saturated rings. The first-order valence-corrected chi connectivity index (χ1v) is 14.7. The van der Waals surface area contributed by atoms with E-state index in [0.717, 1.165) is 61.6 Å². The molecule has 0 aromatic heterocycles. The zero-order valence-electron chi connectivity index (χ0n) is 23.3. The van der Waals surface area contributed by atoms with Crippen molar-refractivity contribution in [3.8, 4) is 28.0 Å². The zero-order chi connectivity index (χ0) is 27.6. The summed E-state index contributed by atoms with van der Waals surface area (Å²) in [5.41, 5.74) is 3.15. The third-order valence-electron chi connectivity index (χ3n) is 8.01. The van der Waals surface area contributed by atoms with Gasteiger partial charge in [0, 0.05) is 5.56 Å². The van der Waals surface area contributed by atoms with Gasteiger partial charge in [0.25, 0.3) is 0 Å². The third-order valence-corrected chi connectivity index (χ3v) is 8.01. The van der Waals surface area contributed by atoms with E-state index < -0.39 is 11.6 Å². The number of rotatable bonds is 12. The van der Waals surface area contributed by atoms with E-state index in [4.69, 9.17) is 4.74 Å². The van der Waals surface area contributed by atoms with Crippen molar-refractivity contribution in [3.63, 3.8) is 0 Å². The molecule has 0 atom stereocenters. The molecule has 0 spiro atoms. The molecule has 0 bridgehead atoms. The summed E-state index contributed by atoms with van der Waals surface area (Å²) in [6.45, 7) is 4.61. The minimum absolute atomic E-state index is 0.0488. The van der Waals surface area contributed by atoms with E-state index in [1.165, 1.54) is 25.3 Å². The molecule has 4 heteroatoms. The summed E-state index contributed by atoms with van der Waals surface area (Å²) in [6, 6.07) is 15.7. The topological polar surface area (TPSA) is 9.23 Å². The van der Waals surface area contributed by atoms with Crippen LogP contribution in [0.25, 0.3) is 22.3 Å². The first kappa shape index (κ1) is 29.0. The molecule has 0 aliphatic heterocycles. The summed E-state index contributed by atoms with van der Waals surface area (Å²) in [5, 5.41) is 0. The Kier molecular flexibility index (Phi) is 10.7. The molecule has 0 radical (unpaired) electrons. The fourth-order valence-electron chi connectivity index (χ4n) is 5.71. The SMILES string of the molecule is C/C=C/C1CCC(c2ccc(-c3ccc(-c4ccc(OCCCCCCCC)c(F)c4F)cc3)cc2F)CC1. The van der Waals surface area contributed by atoms with E-state index in [-0.39, 0.29) is 23.0 Å². The molecule has 0 saturated heterocycles. The van der Waals surface area contributed by atoms with Gasteiger partial charge in [0.2, 0.25) is 5.82 Å². The Balaban J connectivity index is 1.38. The van der Waals surface area contributed by atoms with Crippen LogP contribution in [0.1, 0.15) is 89.5 Å². The maximum atomic E-state index is 15.1. The van der Waals surface area contributed by atoms with Gasteiger partial charge < -0.3 is 4.74 Å². The average molecular weight is 535 g/mol. The van der Waals surface area contributed by atoms with Crippen LogP contribution in [-0.2, 0) is 0 Å². The molecule has 0 N–H and O–H groups in total. The number of hydrogen-bond donors (Lipinski definition) is 0. The van der Waals surface area contributed by atoms with Gasteiger partial charge in [0.05, 0.1) is 6.61 Å². The Morgan fingerprint density at radius 3 is 2.10 bits per heavy atom. The number of hydrogen-bond acceptors (Lipinski definition) is 1. The second kappa shape index (κ2) is 14.4. The Morgan fingerprint density at radius 1 is 0.744 bits per heavy atom. The lowest BCUT2D eigenvalue weighted by Gasteiger charge is -2.27. The van der Waals surface area contributed by atoms with Gasteiger partial charge in [-0.2, -0.15) is 4.39 Å². The van der Waals surface area contributed by atoms with Crippen LogP contribution < -0.4 is 4.74 Å². The quantitative estimate of drug-likeness (QED) is 0.166. The summed E-state index contributed by atoms with van der Waals surface area (Å²) in [6.07, 6.45) is 15.2. The Bertz CT molecular complexity index is 1220. The minimum atomic E-state index is -0.958. The van der Waals surface area contributed by atoms with E-state index in [2.05, 4.69) is 26.0 Å². The molecule has 3 aromatic carbocycles. The number of ether oxygens (including phenoxy) is 1. The number of allylic oxidation sites excluding steroid dienone is 2. The molecule has 4 rings (SSSR count). The molecular formula is C35H41F3O. The normalized spacial score (nSPS) is 17.6. The van der Waals surface area contributed by atoms with Crippen LogP contribution in [0.15, 0.2) is 66.7 Å². The lowest BCUT2D eigenvalue weighted by molar-refractivity contribution is 0.285. The number of unbranched alkanes of at least 4 members (excludes halogenated alkanes) is 5. The van der Waals surface area contributed by atoms with Gasteiger partial charge in [0.1, 0.15) is 5.82 Å². The fraction of sp³-hybridized carbons (Fsp3) is 0.429. The Morgan fingerprint density at radius 2 is 1.41 bits per heavy atom. The summed E-state index contributed by atoms with van der Waals surface area (Å²) in [7, 11) is 0. The molecule has 1 saturated carbocycles. The molecule has 39 heavy (non-hydrogen) atoms. The molecular weight excluding hydrogens is 493 g/mol. The predicted octanol–water partition coefficient (Wildman–Crippen LogP) is 11.0. The highest BCUT2D eigenvalue weighted by Crippen LogP contribution is 2.38. The number of benzene rings is 3. The molecule has 0 heterocycles. The fourth-order valence-corrected chi connectivity index (χ4v) is 5.71. The second-order valence-electron chi connectivity index (χ2n) is 10.8. The minimum Gasteiger partial charge on any atom is -0.490 e. The van der Waals surface area contributed by atoms with Crippen molar-refractivity contribution in [2.24, 2.45) is 5.92 Å². The highest BCUT2D eigenvalue weighted by molar-refractivity contribution is 5.71. The zero-order valence-corrected chi connectivity index (χ0v) is 23.3. The first-order chi connectivity index (χ1) is 19.0. The van der Waals surface area contributed by atoms with E-state index >= 15 is 4.39 Å². The molecule has 208 valence electrons. The van der Waals surface area contributed by atoms with E-state index in [0.29, 0.717) is 18.1 Å². The van der Waals surface area contributed by atoms with Crippen LogP contribution in [-0.4, -0.2) is 6.61 Å². The van der Waals surface area contributed by atoms with Crippen molar-refractivity contribution in [1.29, 1.82) is 0 Å². The second-order valence-corrected chi connectivity index (χ2v) is 10.8. The first-order valence-electron chi connectivity index (χ1n) is 14.7. The monoisotopic (exact) mass is 534 g/mol. The van der Waals surface area contributed by atoms with Gasteiger partial charge in [-0.1, -0.05) is 87.6 Å². The average Bonchev–Trinajstić information content (AvgIpc) is 2.95. The molecule has 1 aliphatic carbocycles. The third kappa shape index (κ3) is 7.56. The van der Waals surface area contributed by atoms with Gasteiger partial charge >= 0.3 is 0 Å². The maximum Gasteiger partial charge on any atom is 0.201 e. The van der Waals surface area contributed by atoms with Gasteiger partial charge in [-0.15, -0.1) is 0 Å². The molecule has 1 nitrogen and oxygen atoms in total. The van der Waals surface area contributed by atoms with Crippen molar-refractivity contribution in [2.45, 2.75) is 84.0 Å². The summed E-state index contributed by atoms with van der Waals surface area (Å²) < 4.78 is 50.3. The molecule has 3 aromatic rings. The predicted molar refractivity (Wildman–Crippen MR) is 156 cm³/mol. The highest BCUT2D eigenvalue weighted by atomic mass is 19.2. The van der Waals surface area contributed by atoms with Crippen LogP contribution in [0.3, 0.4) is 0 Å². The molecule has 1 aliphatic rings. The van der Waals surface area contributed by atoms with Crippen LogP contribution >= 0.6 is 0 Å². The lowest BCUT2D eigenvalue weighted by atomic mass is 9.78. The van der Waals surface area contributed by atoms with Crippen molar-refractivity contribution < 1.29 is 17.9 Å². The summed E-state index contributed by atoms with van der Waals surface area (Å²) in [5.74, 6) is -1.22.